The Morgan fingerprint density at radius 2 is 1.59 bits per heavy atom. The molecule has 1 aliphatic rings. The summed E-state index contributed by atoms with van der Waals surface area (Å²) < 4.78 is 67.7. The van der Waals surface area contributed by atoms with Gasteiger partial charge >= 0.3 is 12.1 Å². The van der Waals surface area contributed by atoms with Gasteiger partial charge in [-0.15, -0.1) is 0 Å². The number of sulfone groups is 1. The van der Waals surface area contributed by atoms with Gasteiger partial charge in [0.2, 0.25) is 0 Å². The van der Waals surface area contributed by atoms with E-state index in [2.05, 4.69) is 4.98 Å². The molecule has 0 atom stereocenters. The summed E-state index contributed by atoms with van der Waals surface area (Å²) in [7, 11) is -0.768. The van der Waals surface area contributed by atoms with E-state index in [1.165, 1.54) is 34.6 Å². The Bertz CT molecular complexity index is 1530. The fraction of sp³-hybridized carbons (Fsp3) is 0.320. The fourth-order valence-electron chi connectivity index (χ4n) is 4.00. The second kappa shape index (κ2) is 12.2. The molecule has 222 valence electrons. The van der Waals surface area contributed by atoms with Crippen LogP contribution in [-0.4, -0.2) is 84.6 Å². The highest BCUT2D eigenvalue weighted by atomic mass is 32.2. The summed E-state index contributed by atoms with van der Waals surface area (Å²) in [6.45, 7) is 0.188. The van der Waals surface area contributed by atoms with Crippen LogP contribution < -0.4 is 10.2 Å². The number of nitrogens with zero attached hydrogens (tertiary/aromatic N) is 1. The molecule has 2 aromatic carbocycles. The number of ether oxygens (including phenoxy) is 2. The molecule has 1 aliphatic heterocycles. The van der Waals surface area contributed by atoms with Crippen molar-refractivity contribution in [3.63, 3.8) is 0 Å². The third kappa shape index (κ3) is 6.78. The summed E-state index contributed by atoms with van der Waals surface area (Å²) in [6.07, 6.45) is -5.21. The number of hydrogen-bond acceptors (Lipinski definition) is 8. The van der Waals surface area contributed by atoms with Crippen molar-refractivity contribution in [3.05, 3.63) is 54.2 Å². The molecule has 4 rings (SSSR count). The Hall–Kier alpha value is -4.15. The van der Waals surface area contributed by atoms with Crippen LogP contribution in [0.3, 0.4) is 0 Å². The van der Waals surface area contributed by atoms with Gasteiger partial charge in [0.15, 0.2) is 14.6 Å². The zero-order valence-electron chi connectivity index (χ0n) is 21.7. The Morgan fingerprint density at radius 3 is 2.10 bits per heavy atom. The molecular weight excluding hydrogens is 575 g/mol. The van der Waals surface area contributed by atoms with E-state index >= 15 is 0 Å². The number of rotatable bonds is 6. The molecule has 1 aromatic heterocycles. The number of halogens is 3. The van der Waals surface area contributed by atoms with Crippen LogP contribution in [0.2, 0.25) is 0 Å². The van der Waals surface area contributed by atoms with E-state index in [9.17, 15) is 31.2 Å². The molecule has 0 bridgehead atoms. The number of hydrogen-bond donors (Lipinski definition) is 4. The lowest BCUT2D eigenvalue weighted by atomic mass is 9.98. The fourth-order valence-corrected chi connectivity index (χ4v) is 5.93. The van der Waals surface area contributed by atoms with E-state index in [1.807, 2.05) is 6.07 Å². The number of aliphatic carboxylic acids is 1. The van der Waals surface area contributed by atoms with Crippen LogP contribution in [-0.2, 0) is 24.2 Å². The smallest absolute Gasteiger partial charge is 0.475 e. The minimum absolute atomic E-state index is 0.0583. The topological polar surface area (TPSA) is 175 Å². The van der Waals surface area contributed by atoms with Gasteiger partial charge < -0.3 is 24.5 Å². The molecule has 41 heavy (non-hydrogen) atoms. The van der Waals surface area contributed by atoms with E-state index in [4.69, 9.17) is 24.6 Å². The number of benzene rings is 2. The highest BCUT2D eigenvalue weighted by molar-refractivity contribution is 7.93. The Kier molecular flexibility index (Phi) is 9.30. The van der Waals surface area contributed by atoms with Crippen molar-refractivity contribution in [1.82, 2.24) is 15.4 Å². The van der Waals surface area contributed by atoms with Crippen LogP contribution in [0.5, 0.6) is 11.5 Å². The van der Waals surface area contributed by atoms with Crippen molar-refractivity contribution < 1.29 is 55.8 Å². The van der Waals surface area contributed by atoms with Crippen LogP contribution >= 0.6 is 0 Å². The van der Waals surface area contributed by atoms with Gasteiger partial charge in [0, 0.05) is 44.3 Å². The van der Waals surface area contributed by atoms with E-state index < -0.39 is 32.6 Å². The average molecular weight is 602 g/mol. The van der Waals surface area contributed by atoms with E-state index in [-0.39, 0.29) is 36.9 Å². The number of carboxylic acid groups (broad SMARTS) is 1. The molecule has 0 unspecified atom stereocenters. The molecule has 2 heterocycles. The maximum atomic E-state index is 13.3. The largest absolute Gasteiger partial charge is 0.490 e. The predicted octanol–water partition coefficient (Wildman–Crippen LogP) is 3.12. The average Bonchev–Trinajstić information content (AvgIpc) is 3.36. The molecule has 3 aromatic rings. The van der Waals surface area contributed by atoms with Gasteiger partial charge in [0.25, 0.3) is 11.8 Å². The van der Waals surface area contributed by atoms with Crippen LogP contribution in [0.4, 0.5) is 13.2 Å². The second-order valence-electron chi connectivity index (χ2n) is 9.06. The molecule has 12 nitrogen and oxygen atoms in total. The van der Waals surface area contributed by atoms with E-state index in [0.717, 1.165) is 10.9 Å². The summed E-state index contributed by atoms with van der Waals surface area (Å²) in [6, 6.07) is 12.8. The van der Waals surface area contributed by atoms with Crippen molar-refractivity contribution in [2.45, 2.75) is 28.7 Å². The van der Waals surface area contributed by atoms with Crippen molar-refractivity contribution in [2.75, 3.05) is 27.3 Å². The summed E-state index contributed by atoms with van der Waals surface area (Å²) in [5.41, 5.74) is 2.68. The van der Waals surface area contributed by atoms with Gasteiger partial charge in [0.05, 0.1) is 4.90 Å². The van der Waals surface area contributed by atoms with Crippen molar-refractivity contribution in [2.24, 2.45) is 0 Å². The predicted molar refractivity (Wildman–Crippen MR) is 136 cm³/mol. The van der Waals surface area contributed by atoms with Crippen LogP contribution in [0.25, 0.3) is 10.9 Å². The molecule has 0 saturated carbocycles. The van der Waals surface area contributed by atoms with Gasteiger partial charge in [-0.05, 0) is 55.3 Å². The number of alkyl halides is 3. The third-order valence-electron chi connectivity index (χ3n) is 6.17. The van der Waals surface area contributed by atoms with Crippen molar-refractivity contribution in [3.8, 4) is 11.5 Å². The lowest BCUT2D eigenvalue weighted by molar-refractivity contribution is -0.192. The second-order valence-corrected chi connectivity index (χ2v) is 11.3. The normalized spacial score (nSPS) is 14.9. The monoisotopic (exact) mass is 601 g/mol. The van der Waals surface area contributed by atoms with Crippen LogP contribution in [0, 0.1) is 0 Å². The number of carbonyl (C=O) groups excluding carboxylic acids is 2. The molecule has 0 aliphatic carbocycles. The lowest BCUT2D eigenvalue weighted by Gasteiger charge is -2.34. The third-order valence-corrected chi connectivity index (χ3v) is 8.69. The standard InChI is InChI=1S/C23H25N3O7S.C2HF3O2/c1-26(2)21(27)20-13-15-3-4-17(14-19(15)24-20)33-16-5-7-18(8-6-16)34(30,31)23(22(28)25-29)9-11-32-12-10-23;3-2(4,5)1(6)7/h3-8,13-14,24,29H,9-12H2,1-2H3,(H,25,28);(H,6,7). The molecule has 16 heteroatoms. The zero-order valence-corrected chi connectivity index (χ0v) is 22.5. The molecule has 2 amide bonds. The number of fused-ring (bicyclic) bond motifs is 1. The number of aromatic nitrogens is 1. The molecule has 1 saturated heterocycles. The number of hydroxylamine groups is 1. The minimum atomic E-state index is -5.08. The number of aromatic amines is 1. The van der Waals surface area contributed by atoms with Gasteiger partial charge in [-0.2, -0.15) is 13.2 Å². The highest BCUT2D eigenvalue weighted by Gasteiger charge is 2.52. The van der Waals surface area contributed by atoms with Gasteiger partial charge in [-0.25, -0.2) is 18.7 Å². The maximum absolute atomic E-state index is 13.3. The van der Waals surface area contributed by atoms with Crippen LogP contribution in [0.1, 0.15) is 23.3 Å². The Labute approximate surface area is 231 Å². The molecular formula is C25H26F3N3O9S. The molecule has 1 fully saturated rings. The number of carboxylic acids is 1. The summed E-state index contributed by atoms with van der Waals surface area (Å²) >= 11 is 0. The number of nitrogens with one attached hydrogen (secondary N) is 2. The molecule has 0 spiro atoms. The number of amides is 2. The number of carbonyl (C=O) groups is 3. The van der Waals surface area contributed by atoms with Gasteiger partial charge in [-0.1, -0.05) is 0 Å². The highest BCUT2D eigenvalue weighted by Crippen LogP contribution is 2.36. The zero-order chi connectivity index (χ0) is 30.6. The summed E-state index contributed by atoms with van der Waals surface area (Å²) in [5, 5.41) is 17.1. The first-order valence-corrected chi connectivity index (χ1v) is 13.3. The molecule has 4 N–H and O–H groups in total. The summed E-state index contributed by atoms with van der Waals surface area (Å²) in [4.78, 5) is 37.9. The van der Waals surface area contributed by atoms with E-state index in [1.54, 1.807) is 32.3 Å². The van der Waals surface area contributed by atoms with Crippen molar-refractivity contribution in [1.29, 1.82) is 0 Å². The van der Waals surface area contributed by atoms with E-state index in [0.29, 0.717) is 17.2 Å². The van der Waals surface area contributed by atoms with Crippen molar-refractivity contribution >= 4 is 38.5 Å². The lowest BCUT2D eigenvalue weighted by Crippen LogP contribution is -2.54. The summed E-state index contributed by atoms with van der Waals surface area (Å²) in [5.74, 6) is -2.99. The van der Waals surface area contributed by atoms with Crippen LogP contribution in [0.15, 0.2) is 53.4 Å². The minimum Gasteiger partial charge on any atom is -0.475 e. The molecule has 0 radical (unpaired) electrons. The maximum Gasteiger partial charge on any atom is 0.490 e. The SMILES string of the molecule is CN(C)C(=O)c1cc2ccc(Oc3ccc(S(=O)(=O)C4(C(=O)NO)CCOCC4)cc3)cc2[nH]1.O=C(O)C(F)(F)F. The van der Waals surface area contributed by atoms with Gasteiger partial charge in [0.1, 0.15) is 17.2 Å². The van der Waals surface area contributed by atoms with Gasteiger partial charge in [-0.3, -0.25) is 14.8 Å². The number of H-pyrrole nitrogens is 1. The Balaban J connectivity index is 0.000000587. The Morgan fingerprint density at radius 1 is 1.02 bits per heavy atom. The first-order valence-electron chi connectivity index (χ1n) is 11.8. The first kappa shape index (κ1) is 31.4. The first-order chi connectivity index (χ1) is 19.1. The quantitative estimate of drug-likeness (QED) is 0.244.